The number of aromatic nitrogens is 1. The van der Waals surface area contributed by atoms with Crippen LogP contribution in [-0.4, -0.2) is 88.4 Å². The van der Waals surface area contributed by atoms with Crippen molar-refractivity contribution in [2.45, 2.75) is 82.4 Å². The van der Waals surface area contributed by atoms with Crippen molar-refractivity contribution in [3.8, 4) is 21.7 Å². The van der Waals surface area contributed by atoms with Crippen LogP contribution >= 0.6 is 34.5 Å². The lowest BCUT2D eigenvalue weighted by molar-refractivity contribution is -0.144. The van der Waals surface area contributed by atoms with E-state index in [-0.39, 0.29) is 42.5 Å². The number of thiazole rings is 1. The maximum atomic E-state index is 12.5. The summed E-state index contributed by atoms with van der Waals surface area (Å²) in [5.41, 5.74) is 3.10. The molecule has 0 radical (unpaired) electrons. The Morgan fingerprint density at radius 2 is 1.22 bits per heavy atom. The van der Waals surface area contributed by atoms with E-state index in [1.165, 1.54) is 23.5 Å². The first-order valence-corrected chi connectivity index (χ1v) is 21.4. The summed E-state index contributed by atoms with van der Waals surface area (Å²) in [6.07, 6.45) is 0.567. The first-order valence-electron chi connectivity index (χ1n) is 18.3. The number of benzene rings is 3. The van der Waals surface area contributed by atoms with Crippen LogP contribution < -0.4 is 15.4 Å². The van der Waals surface area contributed by atoms with E-state index in [2.05, 4.69) is 20.3 Å². The SMILES string of the molecule is CC(C)CC(NC(CCNS(=O)(=O)c1ccc(-c2ccccc2)cc1)C(=O)O)C(=O)O.CC(C)CC(NC(Cc1csc(-c2ccc(Cl)cc2Cl)n1)C(=O)O)C(=O)O. The normalized spacial score (nSPS) is 13.6. The molecule has 0 bridgehead atoms. The minimum Gasteiger partial charge on any atom is -0.480 e. The standard InChI is InChI=1S/C22H28N2O6S.C18H20Cl2N2O4S/c1-15(2)14-20(22(27)28)24-19(21(25)26)12-13-23-31(29,30)18-10-8-17(9-11-18)16-6-4-3-5-7-16;1-9(2)5-14(17(23)24)22-15(18(25)26)7-11-8-27-16(21-11)12-4-3-10(19)6-13(12)20/h3-11,15,19-20,23-24H,12-14H2,1-2H3,(H,25,26)(H,27,28);3-4,6,8-9,14-15,22H,5,7H2,1-2H3,(H,23,24)(H,25,26). The lowest BCUT2D eigenvalue weighted by atomic mass is 10.0. The third-order valence-electron chi connectivity index (χ3n) is 8.53. The zero-order valence-electron chi connectivity index (χ0n) is 32.3. The van der Waals surface area contributed by atoms with Gasteiger partial charge in [0.2, 0.25) is 10.0 Å². The highest BCUT2D eigenvalue weighted by molar-refractivity contribution is 7.89. The molecule has 4 unspecified atom stereocenters. The molecule has 314 valence electrons. The zero-order valence-corrected chi connectivity index (χ0v) is 35.4. The number of hydrogen-bond acceptors (Lipinski definition) is 10. The highest BCUT2D eigenvalue weighted by Gasteiger charge is 2.29. The summed E-state index contributed by atoms with van der Waals surface area (Å²) in [5, 5.41) is 46.2. The molecule has 3 aromatic carbocycles. The minimum atomic E-state index is -3.83. The molecule has 0 spiro atoms. The van der Waals surface area contributed by atoms with Gasteiger partial charge in [-0.2, -0.15) is 0 Å². The van der Waals surface area contributed by atoms with Crippen molar-refractivity contribution in [3.05, 3.63) is 93.9 Å². The van der Waals surface area contributed by atoms with Crippen molar-refractivity contribution in [1.29, 1.82) is 0 Å². The molecule has 1 heterocycles. The number of carboxylic acids is 4. The van der Waals surface area contributed by atoms with E-state index in [1.807, 2.05) is 58.0 Å². The predicted molar refractivity (Wildman–Crippen MR) is 224 cm³/mol. The van der Waals surface area contributed by atoms with E-state index in [0.29, 0.717) is 32.7 Å². The Morgan fingerprint density at radius 3 is 1.72 bits per heavy atom. The molecule has 1 aromatic heterocycles. The molecule has 4 aromatic rings. The third-order valence-corrected chi connectivity index (χ3v) is 11.5. The van der Waals surface area contributed by atoms with Crippen LogP contribution in [0.4, 0.5) is 0 Å². The lowest BCUT2D eigenvalue weighted by Crippen LogP contribution is -2.48. The number of nitrogens with one attached hydrogen (secondary N) is 3. The summed E-state index contributed by atoms with van der Waals surface area (Å²) in [7, 11) is -3.83. The Labute approximate surface area is 351 Å². The van der Waals surface area contributed by atoms with Gasteiger partial charge in [-0.15, -0.1) is 11.3 Å². The average Bonchev–Trinajstić information content (AvgIpc) is 3.61. The van der Waals surface area contributed by atoms with E-state index in [9.17, 15) is 48.0 Å². The van der Waals surface area contributed by atoms with Gasteiger partial charge in [0.1, 0.15) is 29.2 Å². The molecule has 58 heavy (non-hydrogen) atoms. The van der Waals surface area contributed by atoms with Gasteiger partial charge in [-0.05, 0) is 72.6 Å². The fourth-order valence-electron chi connectivity index (χ4n) is 5.68. The number of halogens is 2. The molecule has 4 rings (SSSR count). The van der Waals surface area contributed by atoms with Crippen molar-refractivity contribution >= 4 is 68.4 Å². The molecule has 14 nitrogen and oxygen atoms in total. The molecule has 0 saturated heterocycles. The van der Waals surface area contributed by atoms with E-state index in [4.69, 9.17) is 23.2 Å². The molecule has 18 heteroatoms. The number of hydrogen-bond donors (Lipinski definition) is 7. The van der Waals surface area contributed by atoms with Crippen LogP contribution in [-0.2, 0) is 35.6 Å². The monoisotopic (exact) mass is 878 g/mol. The van der Waals surface area contributed by atoms with Gasteiger partial charge in [-0.1, -0.05) is 93.4 Å². The molecule has 0 aliphatic heterocycles. The maximum Gasteiger partial charge on any atom is 0.321 e. The van der Waals surface area contributed by atoms with E-state index >= 15 is 0 Å². The molecule has 0 aliphatic carbocycles. The molecule has 0 saturated carbocycles. The first-order chi connectivity index (χ1) is 27.3. The van der Waals surface area contributed by atoms with Gasteiger partial charge in [0.15, 0.2) is 0 Å². The molecule has 4 atom stereocenters. The summed E-state index contributed by atoms with van der Waals surface area (Å²) in [6, 6.07) is 16.8. The Bertz CT molecular complexity index is 2100. The van der Waals surface area contributed by atoms with Crippen LogP contribution in [0.5, 0.6) is 0 Å². The number of sulfonamides is 1. The molecule has 7 N–H and O–H groups in total. The number of carbonyl (C=O) groups is 4. The second-order valence-corrected chi connectivity index (χ2v) is 17.7. The summed E-state index contributed by atoms with van der Waals surface area (Å²) < 4.78 is 27.5. The summed E-state index contributed by atoms with van der Waals surface area (Å²) in [4.78, 5) is 50.4. The molecular formula is C40H48Cl2N4O10S2. The lowest BCUT2D eigenvalue weighted by Gasteiger charge is -2.21. The highest BCUT2D eigenvalue weighted by atomic mass is 35.5. The molecule has 0 aliphatic rings. The number of carboxylic acid groups (broad SMARTS) is 4. The van der Waals surface area contributed by atoms with E-state index < -0.39 is 58.1 Å². The Balaban J connectivity index is 0.000000313. The topological polar surface area (TPSA) is 232 Å². The fraction of sp³-hybridized carbons (Fsp3) is 0.375. The van der Waals surface area contributed by atoms with Crippen LogP contribution in [0.2, 0.25) is 10.0 Å². The molecule has 0 amide bonds. The predicted octanol–water partition coefficient (Wildman–Crippen LogP) is 6.77. The minimum absolute atomic E-state index is 0.0559. The van der Waals surface area contributed by atoms with Gasteiger partial charge in [-0.3, -0.25) is 29.8 Å². The largest absolute Gasteiger partial charge is 0.480 e. The Hall–Kier alpha value is -4.42. The first kappa shape index (κ1) is 48.0. The van der Waals surface area contributed by atoms with Crippen molar-refractivity contribution < 1.29 is 48.0 Å². The van der Waals surface area contributed by atoms with Gasteiger partial charge in [0.25, 0.3) is 0 Å². The van der Waals surface area contributed by atoms with Crippen molar-refractivity contribution in [1.82, 2.24) is 20.3 Å². The van der Waals surface area contributed by atoms with Crippen LogP contribution in [0.3, 0.4) is 0 Å². The van der Waals surface area contributed by atoms with E-state index in [1.54, 1.807) is 35.7 Å². The van der Waals surface area contributed by atoms with Gasteiger partial charge in [-0.25, -0.2) is 18.1 Å². The Kier molecular flexibility index (Phi) is 18.7. The number of rotatable bonds is 21. The molecular weight excluding hydrogens is 831 g/mol. The number of aliphatic carboxylic acids is 4. The van der Waals surface area contributed by atoms with Gasteiger partial charge >= 0.3 is 23.9 Å². The van der Waals surface area contributed by atoms with Crippen LogP contribution in [0.1, 0.15) is 52.7 Å². The van der Waals surface area contributed by atoms with E-state index in [0.717, 1.165) is 11.1 Å². The second-order valence-electron chi connectivity index (χ2n) is 14.2. The highest BCUT2D eigenvalue weighted by Crippen LogP contribution is 2.32. The average molecular weight is 880 g/mol. The van der Waals surface area contributed by atoms with Crippen molar-refractivity contribution in [2.24, 2.45) is 11.8 Å². The third kappa shape index (κ3) is 15.4. The fourth-order valence-corrected chi connectivity index (χ4v) is 8.15. The number of nitrogens with zero attached hydrogens (tertiary/aromatic N) is 1. The summed E-state index contributed by atoms with van der Waals surface area (Å²) in [5.74, 6) is -4.39. The molecule has 0 fully saturated rings. The summed E-state index contributed by atoms with van der Waals surface area (Å²) in [6.45, 7) is 7.29. The zero-order chi connectivity index (χ0) is 43.2. The Morgan fingerprint density at radius 1 is 0.707 bits per heavy atom. The van der Waals surface area contributed by atoms with Gasteiger partial charge < -0.3 is 20.4 Å². The van der Waals surface area contributed by atoms with Gasteiger partial charge in [0.05, 0.1) is 15.6 Å². The van der Waals surface area contributed by atoms with Crippen molar-refractivity contribution in [2.75, 3.05) is 6.54 Å². The quantitative estimate of drug-likeness (QED) is 0.0459. The van der Waals surface area contributed by atoms with Crippen LogP contribution in [0, 0.1) is 11.8 Å². The summed E-state index contributed by atoms with van der Waals surface area (Å²) >= 11 is 13.4. The van der Waals surface area contributed by atoms with Crippen molar-refractivity contribution in [3.63, 3.8) is 0 Å². The van der Waals surface area contributed by atoms with Crippen LogP contribution in [0.25, 0.3) is 21.7 Å². The van der Waals surface area contributed by atoms with Crippen LogP contribution in [0.15, 0.2) is 83.1 Å². The second kappa shape index (κ2) is 22.7. The van der Waals surface area contributed by atoms with Gasteiger partial charge in [0, 0.05) is 28.9 Å². The smallest absolute Gasteiger partial charge is 0.321 e. The maximum absolute atomic E-state index is 12.5.